The minimum Gasteiger partial charge on any atom is -0.324 e. The molecule has 1 atom stereocenters. The fraction of sp³-hybridized carbons (Fsp3) is 0.235. The number of hydrogen-bond donors (Lipinski definition) is 2. The highest BCUT2D eigenvalue weighted by molar-refractivity contribution is 7.89. The van der Waals surface area contributed by atoms with Crippen LogP contribution in [0.4, 0.5) is 10.1 Å². The first kappa shape index (κ1) is 18.1. The van der Waals surface area contributed by atoms with Crippen LogP contribution in [0.25, 0.3) is 0 Å². The molecule has 128 valence electrons. The van der Waals surface area contributed by atoms with E-state index < -0.39 is 27.8 Å². The molecule has 2 aromatic rings. The van der Waals surface area contributed by atoms with E-state index in [1.54, 1.807) is 12.1 Å². The average molecular weight is 350 g/mol. The van der Waals surface area contributed by atoms with Gasteiger partial charge in [0.15, 0.2) is 0 Å². The Kier molecular flexibility index (Phi) is 5.69. The van der Waals surface area contributed by atoms with Gasteiger partial charge in [-0.3, -0.25) is 4.79 Å². The summed E-state index contributed by atoms with van der Waals surface area (Å²) >= 11 is 0. The molecule has 0 fully saturated rings. The van der Waals surface area contributed by atoms with Crippen LogP contribution in [-0.2, 0) is 21.2 Å². The van der Waals surface area contributed by atoms with E-state index in [0.717, 1.165) is 36.2 Å². The van der Waals surface area contributed by atoms with Crippen LogP contribution >= 0.6 is 0 Å². The first-order valence-corrected chi connectivity index (χ1v) is 8.98. The van der Waals surface area contributed by atoms with Crippen molar-refractivity contribution >= 4 is 21.6 Å². The number of hydrogen-bond acceptors (Lipinski definition) is 3. The van der Waals surface area contributed by atoms with E-state index >= 15 is 0 Å². The highest BCUT2D eigenvalue weighted by Crippen LogP contribution is 2.16. The lowest BCUT2D eigenvalue weighted by molar-refractivity contribution is -0.117. The van der Waals surface area contributed by atoms with Crippen molar-refractivity contribution in [2.75, 3.05) is 5.32 Å². The summed E-state index contributed by atoms with van der Waals surface area (Å²) < 4.78 is 39.6. The Morgan fingerprint density at radius 1 is 1.12 bits per heavy atom. The summed E-state index contributed by atoms with van der Waals surface area (Å²) in [6.45, 7) is 3.41. The number of halogens is 1. The second-order valence-electron chi connectivity index (χ2n) is 5.30. The van der Waals surface area contributed by atoms with Crippen molar-refractivity contribution in [3.05, 3.63) is 59.9 Å². The molecular weight excluding hydrogens is 331 g/mol. The second kappa shape index (κ2) is 7.55. The lowest BCUT2D eigenvalue weighted by Gasteiger charge is -2.16. The summed E-state index contributed by atoms with van der Waals surface area (Å²) in [6, 6.07) is 10.7. The fourth-order valence-corrected chi connectivity index (χ4v) is 3.36. The summed E-state index contributed by atoms with van der Waals surface area (Å²) in [4.78, 5) is 12.1. The topological polar surface area (TPSA) is 75.3 Å². The highest BCUT2D eigenvalue weighted by Gasteiger charge is 2.22. The molecule has 5 nitrogen and oxygen atoms in total. The molecule has 0 radical (unpaired) electrons. The number of aryl methyl sites for hydroxylation is 1. The van der Waals surface area contributed by atoms with Gasteiger partial charge in [0.25, 0.3) is 0 Å². The molecule has 0 aromatic heterocycles. The van der Waals surface area contributed by atoms with Gasteiger partial charge in [-0.15, -0.1) is 0 Å². The van der Waals surface area contributed by atoms with Gasteiger partial charge >= 0.3 is 0 Å². The Balaban J connectivity index is 2.09. The Morgan fingerprint density at radius 3 is 2.38 bits per heavy atom. The number of carbonyl (C=O) groups excluding carboxylic acids is 1. The van der Waals surface area contributed by atoms with Gasteiger partial charge in [0.1, 0.15) is 5.82 Å². The van der Waals surface area contributed by atoms with Gasteiger partial charge in [-0.05, 0) is 49.2 Å². The predicted molar refractivity (Wildman–Crippen MR) is 90.6 cm³/mol. The van der Waals surface area contributed by atoms with Crippen LogP contribution in [0, 0.1) is 5.82 Å². The minimum absolute atomic E-state index is 0.0995. The number of benzene rings is 2. The zero-order chi connectivity index (χ0) is 17.7. The third-order valence-corrected chi connectivity index (χ3v) is 5.06. The van der Waals surface area contributed by atoms with Crippen LogP contribution in [0.15, 0.2) is 53.4 Å². The zero-order valence-corrected chi connectivity index (χ0v) is 14.2. The molecule has 0 heterocycles. The van der Waals surface area contributed by atoms with Crippen LogP contribution in [-0.4, -0.2) is 20.4 Å². The Morgan fingerprint density at radius 2 is 1.75 bits per heavy atom. The smallest absolute Gasteiger partial charge is 0.242 e. The van der Waals surface area contributed by atoms with Gasteiger partial charge in [0.2, 0.25) is 15.9 Å². The maximum absolute atomic E-state index is 12.9. The van der Waals surface area contributed by atoms with Gasteiger partial charge in [-0.25, -0.2) is 12.8 Å². The normalized spacial score (nSPS) is 12.6. The molecule has 0 unspecified atom stereocenters. The van der Waals surface area contributed by atoms with E-state index in [1.165, 1.54) is 6.92 Å². The molecule has 1 amide bonds. The van der Waals surface area contributed by atoms with Crippen LogP contribution in [0.5, 0.6) is 0 Å². The molecule has 2 aromatic carbocycles. The molecule has 0 bridgehead atoms. The largest absolute Gasteiger partial charge is 0.324 e. The molecule has 0 spiro atoms. The number of carbonyl (C=O) groups is 1. The summed E-state index contributed by atoms with van der Waals surface area (Å²) in [5.74, 6) is -1.00. The molecule has 24 heavy (non-hydrogen) atoms. The van der Waals surface area contributed by atoms with Gasteiger partial charge < -0.3 is 5.32 Å². The highest BCUT2D eigenvalue weighted by atomic mass is 32.2. The maximum Gasteiger partial charge on any atom is 0.242 e. The molecule has 2 rings (SSSR count). The van der Waals surface area contributed by atoms with Crippen molar-refractivity contribution in [1.29, 1.82) is 0 Å². The van der Waals surface area contributed by atoms with E-state index in [4.69, 9.17) is 0 Å². The van der Waals surface area contributed by atoms with Crippen LogP contribution in [0.1, 0.15) is 19.4 Å². The van der Waals surface area contributed by atoms with Crippen LogP contribution in [0.3, 0.4) is 0 Å². The third-order valence-electron chi connectivity index (χ3n) is 3.51. The fourth-order valence-electron chi connectivity index (χ4n) is 2.16. The number of anilines is 1. The van der Waals surface area contributed by atoms with E-state index in [9.17, 15) is 17.6 Å². The van der Waals surface area contributed by atoms with E-state index in [-0.39, 0.29) is 4.90 Å². The lowest BCUT2D eigenvalue weighted by atomic mass is 10.1. The quantitative estimate of drug-likeness (QED) is 0.841. The van der Waals surface area contributed by atoms with Crippen molar-refractivity contribution in [1.82, 2.24) is 4.72 Å². The van der Waals surface area contributed by atoms with Crippen molar-refractivity contribution in [3.63, 3.8) is 0 Å². The minimum atomic E-state index is -3.91. The number of amides is 1. The van der Waals surface area contributed by atoms with E-state index in [1.807, 2.05) is 19.1 Å². The number of sulfonamides is 1. The van der Waals surface area contributed by atoms with Crippen molar-refractivity contribution in [2.24, 2.45) is 0 Å². The van der Waals surface area contributed by atoms with E-state index in [2.05, 4.69) is 10.0 Å². The third kappa shape index (κ3) is 4.39. The summed E-state index contributed by atoms with van der Waals surface area (Å²) in [5, 5.41) is 2.72. The summed E-state index contributed by atoms with van der Waals surface area (Å²) in [5.41, 5.74) is 1.61. The average Bonchev–Trinajstić information content (AvgIpc) is 2.55. The molecule has 0 saturated carbocycles. The van der Waals surface area contributed by atoms with Gasteiger partial charge in [0.05, 0.1) is 10.9 Å². The second-order valence-corrected chi connectivity index (χ2v) is 7.01. The monoisotopic (exact) mass is 350 g/mol. The Labute approximate surface area is 141 Å². The standard InChI is InChI=1S/C17H19FN2O3S/c1-3-13-6-4-5-7-16(13)19-17(21)12(2)20-24(22,23)15-10-8-14(18)9-11-15/h4-12,20H,3H2,1-2H3,(H,19,21)/t12-/m1/s1. The maximum atomic E-state index is 12.9. The van der Waals surface area contributed by atoms with Gasteiger partial charge in [0, 0.05) is 5.69 Å². The summed E-state index contributed by atoms with van der Waals surface area (Å²) in [7, 11) is -3.91. The zero-order valence-electron chi connectivity index (χ0n) is 13.4. The van der Waals surface area contributed by atoms with Gasteiger partial charge in [-0.1, -0.05) is 25.1 Å². The molecule has 0 aliphatic rings. The first-order valence-electron chi connectivity index (χ1n) is 7.50. The molecule has 2 N–H and O–H groups in total. The van der Waals surface area contributed by atoms with Crippen molar-refractivity contribution in [2.45, 2.75) is 31.2 Å². The molecule has 0 aliphatic carbocycles. The van der Waals surface area contributed by atoms with E-state index in [0.29, 0.717) is 5.69 Å². The first-order chi connectivity index (χ1) is 11.3. The predicted octanol–water partition coefficient (Wildman–Crippen LogP) is 2.69. The lowest BCUT2D eigenvalue weighted by Crippen LogP contribution is -2.41. The van der Waals surface area contributed by atoms with Crippen molar-refractivity contribution < 1.29 is 17.6 Å². The number of rotatable bonds is 6. The molecule has 0 saturated heterocycles. The SMILES string of the molecule is CCc1ccccc1NC(=O)[C@@H](C)NS(=O)(=O)c1ccc(F)cc1. The Bertz CT molecular complexity index is 820. The van der Waals surface area contributed by atoms with Crippen LogP contribution in [0.2, 0.25) is 0 Å². The summed E-state index contributed by atoms with van der Waals surface area (Å²) in [6.07, 6.45) is 0.742. The number of nitrogens with one attached hydrogen (secondary N) is 2. The van der Waals surface area contributed by atoms with Crippen molar-refractivity contribution in [3.8, 4) is 0 Å². The van der Waals surface area contributed by atoms with Gasteiger partial charge in [-0.2, -0.15) is 4.72 Å². The number of para-hydroxylation sites is 1. The molecule has 0 aliphatic heterocycles. The molecular formula is C17H19FN2O3S. The molecule has 7 heteroatoms. The Hall–Kier alpha value is -2.25. The van der Waals surface area contributed by atoms with Crippen LogP contribution < -0.4 is 10.0 Å².